The Kier molecular flexibility index (Phi) is 4.71. The Labute approximate surface area is 118 Å². The van der Waals surface area contributed by atoms with E-state index in [1.54, 1.807) is 12.1 Å². The number of hydrogen-bond donors (Lipinski definition) is 2. The van der Waals surface area contributed by atoms with Crippen molar-refractivity contribution in [2.45, 2.75) is 25.8 Å². The molecule has 0 aliphatic heterocycles. The zero-order chi connectivity index (χ0) is 14.4. The molecule has 20 heavy (non-hydrogen) atoms. The molecule has 0 spiro atoms. The molecular weight excluding hydrogens is 252 g/mol. The number of rotatable bonds is 6. The predicted molar refractivity (Wildman–Crippen MR) is 79.0 cm³/mol. The highest BCUT2D eigenvalue weighted by Gasteiger charge is 2.07. The minimum absolute atomic E-state index is 0.0604. The highest BCUT2D eigenvalue weighted by molar-refractivity contribution is 5.86. The van der Waals surface area contributed by atoms with Crippen LogP contribution in [0.25, 0.3) is 0 Å². The summed E-state index contributed by atoms with van der Waals surface area (Å²) in [5.74, 6) is -1.01. The molecule has 1 unspecified atom stereocenters. The second kappa shape index (κ2) is 6.70. The fraction of sp³-hybridized carbons (Fsp3) is 0.250. The molecule has 2 aromatic rings. The number of nitrogens with one attached hydrogen (secondary N) is 1. The molecule has 1 aromatic carbocycles. The van der Waals surface area contributed by atoms with E-state index in [0.29, 0.717) is 0 Å². The van der Waals surface area contributed by atoms with Gasteiger partial charge in [-0.2, -0.15) is 0 Å². The van der Waals surface area contributed by atoms with Gasteiger partial charge in [-0.15, -0.1) is 0 Å². The van der Waals surface area contributed by atoms with Gasteiger partial charge in [0.25, 0.3) is 0 Å². The third kappa shape index (κ3) is 4.09. The summed E-state index contributed by atoms with van der Waals surface area (Å²) in [6.45, 7) is 2.09. The van der Waals surface area contributed by atoms with E-state index >= 15 is 0 Å². The monoisotopic (exact) mass is 270 g/mol. The first kappa shape index (κ1) is 14.1. The number of carbonyl (C=O) groups is 1. The molecule has 4 heteroatoms. The van der Waals surface area contributed by atoms with E-state index in [4.69, 9.17) is 5.11 Å². The van der Waals surface area contributed by atoms with Gasteiger partial charge in [0.05, 0.1) is 0 Å². The largest absolute Gasteiger partial charge is 0.477 e. The van der Waals surface area contributed by atoms with Gasteiger partial charge < -0.3 is 10.4 Å². The molecule has 0 radical (unpaired) electrons. The molecule has 2 rings (SSSR count). The molecule has 0 aliphatic carbocycles. The van der Waals surface area contributed by atoms with Crippen LogP contribution in [-0.4, -0.2) is 22.1 Å². The minimum atomic E-state index is -1.01. The van der Waals surface area contributed by atoms with E-state index in [-0.39, 0.29) is 11.7 Å². The van der Waals surface area contributed by atoms with Crippen molar-refractivity contribution >= 4 is 11.7 Å². The minimum Gasteiger partial charge on any atom is -0.477 e. The van der Waals surface area contributed by atoms with Crippen LogP contribution in [0.15, 0.2) is 48.7 Å². The summed E-state index contributed by atoms with van der Waals surface area (Å²) in [6.07, 6.45) is 3.48. The summed E-state index contributed by atoms with van der Waals surface area (Å²) in [5, 5.41) is 12.2. The van der Waals surface area contributed by atoms with Gasteiger partial charge in [0.1, 0.15) is 5.69 Å². The lowest BCUT2D eigenvalue weighted by molar-refractivity contribution is 0.0690. The van der Waals surface area contributed by atoms with Crippen LogP contribution < -0.4 is 5.32 Å². The number of carboxylic acid groups (broad SMARTS) is 1. The van der Waals surface area contributed by atoms with Crippen LogP contribution in [0.2, 0.25) is 0 Å². The van der Waals surface area contributed by atoms with Crippen LogP contribution in [0.3, 0.4) is 0 Å². The molecule has 4 nitrogen and oxygen atoms in total. The number of aromatic carboxylic acids is 1. The average molecular weight is 270 g/mol. The van der Waals surface area contributed by atoms with Crippen molar-refractivity contribution in [2.24, 2.45) is 0 Å². The van der Waals surface area contributed by atoms with Crippen LogP contribution in [0.4, 0.5) is 5.69 Å². The van der Waals surface area contributed by atoms with Gasteiger partial charge in [0, 0.05) is 17.9 Å². The van der Waals surface area contributed by atoms with Crippen LogP contribution >= 0.6 is 0 Å². The first-order chi connectivity index (χ1) is 9.65. The van der Waals surface area contributed by atoms with Gasteiger partial charge in [0.15, 0.2) is 0 Å². The van der Waals surface area contributed by atoms with E-state index in [0.717, 1.165) is 18.5 Å². The Bertz CT molecular complexity index is 570. The van der Waals surface area contributed by atoms with Gasteiger partial charge in [-0.05, 0) is 37.5 Å². The van der Waals surface area contributed by atoms with Crippen molar-refractivity contribution in [1.82, 2.24) is 4.98 Å². The fourth-order valence-electron chi connectivity index (χ4n) is 2.02. The summed E-state index contributed by atoms with van der Waals surface area (Å²) in [5.41, 5.74) is 2.16. The summed E-state index contributed by atoms with van der Waals surface area (Å²) in [7, 11) is 0. The lowest BCUT2D eigenvalue weighted by Gasteiger charge is -2.15. The van der Waals surface area contributed by atoms with E-state index < -0.39 is 5.97 Å². The summed E-state index contributed by atoms with van der Waals surface area (Å²) in [6, 6.07) is 13.9. The van der Waals surface area contributed by atoms with Crippen molar-refractivity contribution in [2.75, 3.05) is 5.32 Å². The number of aryl methyl sites for hydroxylation is 1. The van der Waals surface area contributed by atoms with E-state index in [9.17, 15) is 4.79 Å². The molecule has 1 aromatic heterocycles. The summed E-state index contributed by atoms with van der Waals surface area (Å²) < 4.78 is 0. The van der Waals surface area contributed by atoms with Crippen LogP contribution in [0, 0.1) is 0 Å². The molecule has 0 aliphatic rings. The molecule has 0 saturated heterocycles. The van der Waals surface area contributed by atoms with Crippen molar-refractivity contribution < 1.29 is 9.90 Å². The van der Waals surface area contributed by atoms with E-state index in [1.807, 2.05) is 18.2 Å². The molecular formula is C16H18N2O2. The predicted octanol–water partition coefficient (Wildman–Crippen LogP) is 3.21. The standard InChI is InChI=1S/C16H18N2O2/c1-12(7-8-13-5-3-2-4-6-13)18-14-9-10-17-15(11-14)16(19)20/h2-6,9-12H,7-8H2,1H3,(H,17,18)(H,19,20). The lowest BCUT2D eigenvalue weighted by atomic mass is 10.1. The first-order valence-electron chi connectivity index (χ1n) is 6.65. The Hall–Kier alpha value is -2.36. The summed E-state index contributed by atoms with van der Waals surface area (Å²) >= 11 is 0. The van der Waals surface area contributed by atoms with Gasteiger partial charge in [-0.25, -0.2) is 9.78 Å². The Morgan fingerprint density at radius 1 is 1.30 bits per heavy atom. The zero-order valence-corrected chi connectivity index (χ0v) is 11.4. The Morgan fingerprint density at radius 2 is 2.05 bits per heavy atom. The number of aromatic nitrogens is 1. The highest BCUT2D eigenvalue weighted by Crippen LogP contribution is 2.12. The third-order valence-corrected chi connectivity index (χ3v) is 3.10. The van der Waals surface area contributed by atoms with E-state index in [2.05, 4.69) is 29.4 Å². The number of benzene rings is 1. The average Bonchev–Trinajstić information content (AvgIpc) is 2.46. The summed E-state index contributed by atoms with van der Waals surface area (Å²) in [4.78, 5) is 14.7. The first-order valence-corrected chi connectivity index (χ1v) is 6.65. The number of carboxylic acids is 1. The second-order valence-electron chi connectivity index (χ2n) is 4.80. The van der Waals surface area contributed by atoms with Gasteiger partial charge in [-0.1, -0.05) is 30.3 Å². The molecule has 2 N–H and O–H groups in total. The fourth-order valence-corrected chi connectivity index (χ4v) is 2.02. The quantitative estimate of drug-likeness (QED) is 0.846. The number of pyridine rings is 1. The third-order valence-electron chi connectivity index (χ3n) is 3.10. The van der Waals surface area contributed by atoms with Gasteiger partial charge in [0.2, 0.25) is 0 Å². The molecule has 0 saturated carbocycles. The maximum absolute atomic E-state index is 10.9. The normalized spacial score (nSPS) is 11.8. The topological polar surface area (TPSA) is 62.2 Å². The molecule has 1 atom stereocenters. The van der Waals surface area contributed by atoms with Crippen molar-refractivity contribution in [3.8, 4) is 0 Å². The van der Waals surface area contributed by atoms with E-state index in [1.165, 1.54) is 11.8 Å². The second-order valence-corrected chi connectivity index (χ2v) is 4.80. The molecule has 0 bridgehead atoms. The van der Waals surface area contributed by atoms with Crippen LogP contribution in [0.1, 0.15) is 29.4 Å². The maximum atomic E-state index is 10.9. The van der Waals surface area contributed by atoms with Gasteiger partial charge in [-0.3, -0.25) is 0 Å². The number of anilines is 1. The van der Waals surface area contributed by atoms with Crippen molar-refractivity contribution in [1.29, 1.82) is 0 Å². The van der Waals surface area contributed by atoms with Crippen molar-refractivity contribution in [3.63, 3.8) is 0 Å². The zero-order valence-electron chi connectivity index (χ0n) is 11.4. The van der Waals surface area contributed by atoms with Gasteiger partial charge >= 0.3 is 5.97 Å². The molecule has 104 valence electrons. The number of nitrogens with zero attached hydrogens (tertiary/aromatic N) is 1. The van der Waals surface area contributed by atoms with Crippen LogP contribution in [0.5, 0.6) is 0 Å². The number of hydrogen-bond acceptors (Lipinski definition) is 3. The highest BCUT2D eigenvalue weighted by atomic mass is 16.4. The molecule has 1 heterocycles. The smallest absolute Gasteiger partial charge is 0.354 e. The van der Waals surface area contributed by atoms with Crippen LogP contribution in [-0.2, 0) is 6.42 Å². The Balaban J connectivity index is 1.89. The molecule has 0 fully saturated rings. The molecule has 0 amide bonds. The lowest BCUT2D eigenvalue weighted by Crippen LogP contribution is -2.16. The maximum Gasteiger partial charge on any atom is 0.354 e. The SMILES string of the molecule is CC(CCc1ccccc1)Nc1ccnc(C(=O)O)c1. The van der Waals surface area contributed by atoms with Crippen molar-refractivity contribution in [3.05, 3.63) is 59.9 Å². The Morgan fingerprint density at radius 3 is 2.75 bits per heavy atom.